The van der Waals surface area contributed by atoms with Crippen molar-refractivity contribution in [2.45, 2.75) is 19.9 Å². The average Bonchev–Trinajstić information content (AvgIpc) is 2.38. The van der Waals surface area contributed by atoms with E-state index in [1.165, 1.54) is 0 Å². The predicted molar refractivity (Wildman–Crippen MR) is 69.2 cm³/mol. The summed E-state index contributed by atoms with van der Waals surface area (Å²) in [5.41, 5.74) is 0.966. The van der Waals surface area contributed by atoms with Crippen molar-refractivity contribution in [3.05, 3.63) is 23.8 Å². The number of carbonyl (C=O) groups is 1. The van der Waals surface area contributed by atoms with E-state index in [4.69, 9.17) is 9.47 Å². The van der Waals surface area contributed by atoms with E-state index in [2.05, 4.69) is 0 Å². The van der Waals surface area contributed by atoms with Crippen molar-refractivity contribution in [3.63, 3.8) is 0 Å². The largest absolute Gasteiger partial charge is 0.544 e. The molecule has 1 rings (SSSR count). The second kappa shape index (κ2) is 7.63. The molecule has 0 saturated carbocycles. The second-order valence-electron chi connectivity index (χ2n) is 4.40. The predicted octanol–water partition coefficient (Wildman–Crippen LogP) is -0.751. The van der Waals surface area contributed by atoms with Crippen LogP contribution in [0, 0.1) is 0 Å². The molecule has 1 atom stereocenters. The van der Waals surface area contributed by atoms with Gasteiger partial charge in [0.1, 0.15) is 24.6 Å². The van der Waals surface area contributed by atoms with E-state index < -0.39 is 5.97 Å². The highest BCUT2D eigenvalue weighted by Crippen LogP contribution is 2.23. The highest BCUT2D eigenvalue weighted by atomic mass is 16.5. The molecule has 1 aromatic carbocycles. The zero-order valence-electron chi connectivity index (χ0n) is 11.7. The summed E-state index contributed by atoms with van der Waals surface area (Å²) in [4.78, 5) is 11.7. The fourth-order valence-electron chi connectivity index (χ4n) is 2.06. The highest BCUT2D eigenvalue weighted by molar-refractivity contribution is 5.65. The number of quaternary nitrogens is 1. The lowest BCUT2D eigenvalue weighted by molar-refractivity contribution is -0.908. The molecular weight excluding hydrogens is 246 g/mol. The molecule has 0 aliphatic rings. The molecule has 0 fully saturated rings. The Hall–Kier alpha value is -1.75. The van der Waals surface area contributed by atoms with Gasteiger partial charge in [0.25, 0.3) is 0 Å². The number of ether oxygens (including phenoxy) is 2. The maximum Gasteiger partial charge on any atom is 0.131 e. The van der Waals surface area contributed by atoms with Gasteiger partial charge in [-0.25, -0.2) is 0 Å². The Morgan fingerprint density at radius 1 is 1.32 bits per heavy atom. The third-order valence-corrected chi connectivity index (χ3v) is 2.93. The Kier molecular flexibility index (Phi) is 6.15. The number of hydrogen-bond donors (Lipinski definition) is 1. The van der Waals surface area contributed by atoms with E-state index in [0.717, 1.165) is 29.2 Å². The van der Waals surface area contributed by atoms with Gasteiger partial charge in [-0.2, -0.15) is 0 Å². The van der Waals surface area contributed by atoms with E-state index in [-0.39, 0.29) is 6.54 Å². The van der Waals surface area contributed by atoms with Crippen molar-refractivity contribution >= 4 is 5.97 Å². The zero-order chi connectivity index (χ0) is 14.3. The zero-order valence-corrected chi connectivity index (χ0v) is 11.7. The first-order valence-electron chi connectivity index (χ1n) is 6.35. The summed E-state index contributed by atoms with van der Waals surface area (Å²) < 4.78 is 10.5. The van der Waals surface area contributed by atoms with E-state index in [9.17, 15) is 9.90 Å². The molecule has 0 bridgehead atoms. The monoisotopic (exact) mass is 267 g/mol. The fraction of sp³-hybridized carbons (Fsp3) is 0.500. The normalized spacial score (nSPS) is 11.9. The number of rotatable bonds is 8. The molecular formula is C14H21NO4. The Morgan fingerprint density at radius 2 is 2.05 bits per heavy atom. The van der Waals surface area contributed by atoms with Crippen molar-refractivity contribution in [3.8, 4) is 11.5 Å². The molecule has 0 saturated heterocycles. The van der Waals surface area contributed by atoms with Crippen molar-refractivity contribution in [2.24, 2.45) is 0 Å². The Labute approximate surface area is 113 Å². The maximum atomic E-state index is 10.7. The first-order valence-corrected chi connectivity index (χ1v) is 6.35. The van der Waals surface area contributed by atoms with Crippen LogP contribution in [0.1, 0.15) is 18.9 Å². The molecule has 0 spiro atoms. The lowest BCUT2D eigenvalue weighted by atomic mass is 10.1. The minimum Gasteiger partial charge on any atom is -0.544 e. The molecule has 0 amide bonds. The van der Waals surface area contributed by atoms with Crippen molar-refractivity contribution in [2.75, 3.05) is 27.3 Å². The summed E-state index contributed by atoms with van der Waals surface area (Å²) in [5.74, 6) is 0.403. The number of nitrogens with one attached hydrogen (secondary N) is 1. The van der Waals surface area contributed by atoms with Gasteiger partial charge in [0.05, 0.1) is 26.7 Å². The molecule has 1 unspecified atom stereocenters. The number of carboxylic acid groups (broad SMARTS) is 1. The summed E-state index contributed by atoms with van der Waals surface area (Å²) >= 11 is 0. The lowest BCUT2D eigenvalue weighted by Gasteiger charge is -2.20. The SMILES string of the molecule is CCC[NH+](CC(=O)[O-])Cc1ccc(OC)cc1OC. The minimum atomic E-state index is -1.03. The molecule has 1 aromatic rings. The molecule has 0 aliphatic heterocycles. The van der Waals surface area contributed by atoms with Crippen LogP contribution in [-0.2, 0) is 11.3 Å². The average molecular weight is 267 g/mol. The van der Waals surface area contributed by atoms with Crippen molar-refractivity contribution in [1.82, 2.24) is 0 Å². The molecule has 0 heterocycles. The van der Waals surface area contributed by atoms with Gasteiger partial charge in [-0.3, -0.25) is 0 Å². The van der Waals surface area contributed by atoms with Crippen LogP contribution in [0.15, 0.2) is 18.2 Å². The number of carbonyl (C=O) groups excluding carboxylic acids is 1. The van der Waals surface area contributed by atoms with Gasteiger partial charge in [0, 0.05) is 11.6 Å². The quantitative estimate of drug-likeness (QED) is 0.673. The van der Waals surface area contributed by atoms with E-state index >= 15 is 0 Å². The summed E-state index contributed by atoms with van der Waals surface area (Å²) in [6.07, 6.45) is 0.918. The number of aliphatic carboxylic acids is 1. The molecule has 5 heteroatoms. The van der Waals surface area contributed by atoms with Gasteiger partial charge in [-0.15, -0.1) is 0 Å². The molecule has 0 aromatic heterocycles. The van der Waals surface area contributed by atoms with Crippen LogP contribution in [0.4, 0.5) is 0 Å². The minimum absolute atomic E-state index is 0.00300. The van der Waals surface area contributed by atoms with E-state index in [0.29, 0.717) is 12.3 Å². The van der Waals surface area contributed by atoms with Crippen LogP contribution < -0.4 is 19.5 Å². The van der Waals surface area contributed by atoms with E-state index in [1.54, 1.807) is 20.3 Å². The van der Waals surface area contributed by atoms with Crippen LogP contribution >= 0.6 is 0 Å². The topological polar surface area (TPSA) is 63.0 Å². The maximum absolute atomic E-state index is 10.7. The summed E-state index contributed by atoms with van der Waals surface area (Å²) in [6, 6.07) is 5.56. The smallest absolute Gasteiger partial charge is 0.131 e. The summed E-state index contributed by atoms with van der Waals surface area (Å²) in [6.45, 7) is 3.40. The highest BCUT2D eigenvalue weighted by Gasteiger charge is 2.13. The van der Waals surface area contributed by atoms with Gasteiger partial charge in [-0.05, 0) is 18.6 Å². The lowest BCUT2D eigenvalue weighted by Crippen LogP contribution is -3.12. The molecule has 19 heavy (non-hydrogen) atoms. The number of benzene rings is 1. The van der Waals surface area contributed by atoms with Crippen molar-refractivity contribution < 1.29 is 24.3 Å². The first kappa shape index (κ1) is 15.3. The van der Waals surface area contributed by atoms with Crippen LogP contribution in [-0.4, -0.2) is 33.3 Å². The standard InChI is InChI=1S/C14H21NO4/c1-4-7-15(10-14(16)17)9-11-5-6-12(18-2)8-13(11)19-3/h5-6,8H,4,7,9-10H2,1-3H3,(H,16,17). The van der Waals surface area contributed by atoms with Gasteiger partial charge in [0.2, 0.25) is 0 Å². The fourth-order valence-corrected chi connectivity index (χ4v) is 2.06. The first-order chi connectivity index (χ1) is 9.10. The Morgan fingerprint density at radius 3 is 2.58 bits per heavy atom. The third-order valence-electron chi connectivity index (χ3n) is 2.93. The molecule has 0 aliphatic carbocycles. The van der Waals surface area contributed by atoms with Gasteiger partial charge >= 0.3 is 0 Å². The Balaban J connectivity index is 2.85. The van der Waals surface area contributed by atoms with E-state index in [1.807, 2.05) is 19.1 Å². The van der Waals surface area contributed by atoms with Crippen molar-refractivity contribution in [1.29, 1.82) is 0 Å². The van der Waals surface area contributed by atoms with Gasteiger partial charge in [0.15, 0.2) is 0 Å². The summed E-state index contributed by atoms with van der Waals surface area (Å²) in [7, 11) is 3.19. The van der Waals surface area contributed by atoms with Crippen LogP contribution in [0.2, 0.25) is 0 Å². The van der Waals surface area contributed by atoms with Crippen LogP contribution in [0.25, 0.3) is 0 Å². The molecule has 0 radical (unpaired) electrons. The Bertz CT molecular complexity index is 420. The number of methoxy groups -OCH3 is 2. The van der Waals surface area contributed by atoms with Gasteiger partial charge < -0.3 is 24.3 Å². The number of carboxylic acids is 1. The number of hydrogen-bond acceptors (Lipinski definition) is 4. The summed E-state index contributed by atoms with van der Waals surface area (Å²) in [5, 5.41) is 10.7. The third kappa shape index (κ3) is 4.79. The molecule has 106 valence electrons. The molecule has 5 nitrogen and oxygen atoms in total. The second-order valence-corrected chi connectivity index (χ2v) is 4.40. The van der Waals surface area contributed by atoms with Crippen LogP contribution in [0.5, 0.6) is 11.5 Å². The van der Waals surface area contributed by atoms with Gasteiger partial charge in [-0.1, -0.05) is 6.92 Å². The molecule has 1 N–H and O–H groups in total. The van der Waals surface area contributed by atoms with Crippen LogP contribution in [0.3, 0.4) is 0 Å².